The lowest BCUT2D eigenvalue weighted by molar-refractivity contribution is -0.129. The number of hydrogen-bond acceptors (Lipinski definition) is 5. The molecule has 1 aromatic rings. The maximum Gasteiger partial charge on any atom is 0.243 e. The van der Waals surface area contributed by atoms with Gasteiger partial charge < -0.3 is 10.4 Å². The van der Waals surface area contributed by atoms with Crippen LogP contribution in [0.25, 0.3) is 0 Å². The highest BCUT2D eigenvalue weighted by Crippen LogP contribution is 2.20. The van der Waals surface area contributed by atoms with Crippen LogP contribution in [0.4, 0.5) is 5.69 Å². The van der Waals surface area contributed by atoms with Crippen LogP contribution in [0.5, 0.6) is 0 Å². The van der Waals surface area contributed by atoms with Crippen molar-refractivity contribution in [1.29, 1.82) is 0 Å². The van der Waals surface area contributed by atoms with Crippen molar-refractivity contribution in [2.45, 2.75) is 38.3 Å². The Kier molecular flexibility index (Phi) is 6.52. The van der Waals surface area contributed by atoms with E-state index in [9.17, 15) is 14.7 Å². The molecule has 1 heterocycles. The van der Waals surface area contributed by atoms with E-state index >= 15 is 0 Å². The predicted octanol–water partition coefficient (Wildman–Crippen LogP) is 0.867. The number of rotatable bonds is 7. The molecule has 0 unspecified atom stereocenters. The molecular weight excluding hydrogens is 298 g/mol. The first-order chi connectivity index (χ1) is 11.1. The van der Waals surface area contributed by atoms with Gasteiger partial charge in [-0.25, -0.2) is 5.48 Å². The Morgan fingerprint density at radius 2 is 1.96 bits per heavy atom. The number of hydrogen-bond donors (Lipinski definition) is 4. The molecule has 2 rings (SSSR count). The first-order valence-corrected chi connectivity index (χ1v) is 7.79. The molecule has 0 spiro atoms. The summed E-state index contributed by atoms with van der Waals surface area (Å²) in [5.41, 5.74) is 3.30. The average Bonchev–Trinajstić information content (AvgIpc) is 2.94. The number of aliphatic hydroxyl groups is 1. The Balaban J connectivity index is 1.87. The molecule has 1 atom stereocenters. The topological polar surface area (TPSA) is 102 Å². The van der Waals surface area contributed by atoms with Crippen LogP contribution in [-0.4, -0.2) is 46.2 Å². The molecule has 0 bridgehead atoms. The summed E-state index contributed by atoms with van der Waals surface area (Å²) in [4.78, 5) is 25.0. The molecule has 0 radical (unpaired) electrons. The zero-order valence-corrected chi connectivity index (χ0v) is 13.0. The standard InChI is InChI=1S/C16H23N3O4/c20-13-8-9-19(11-13)10-12-4-1-2-5-14(12)17-15(21)6-3-7-16(22)18-23/h1-2,4-5,13,20,23H,3,6-11H2,(H,17,21)(H,18,22)/t13-/m0/s1. The zero-order chi connectivity index (χ0) is 16.7. The third-order valence-corrected chi connectivity index (χ3v) is 3.87. The van der Waals surface area contributed by atoms with Crippen LogP contribution in [-0.2, 0) is 16.1 Å². The molecule has 1 aliphatic rings. The van der Waals surface area contributed by atoms with E-state index in [-0.39, 0.29) is 24.9 Å². The number of carbonyl (C=O) groups excluding carboxylic acids is 2. The Bertz CT molecular complexity index is 550. The summed E-state index contributed by atoms with van der Waals surface area (Å²) in [7, 11) is 0. The number of carbonyl (C=O) groups is 2. The van der Waals surface area contributed by atoms with Crippen molar-refractivity contribution < 1.29 is 19.9 Å². The second-order valence-corrected chi connectivity index (χ2v) is 5.77. The normalized spacial score (nSPS) is 17.9. The van der Waals surface area contributed by atoms with E-state index in [1.54, 1.807) is 5.48 Å². The molecule has 2 amide bonds. The molecule has 126 valence electrons. The van der Waals surface area contributed by atoms with Gasteiger partial charge >= 0.3 is 0 Å². The highest BCUT2D eigenvalue weighted by molar-refractivity contribution is 5.91. The Hall–Kier alpha value is -1.96. The van der Waals surface area contributed by atoms with Gasteiger partial charge in [0.05, 0.1) is 6.10 Å². The summed E-state index contributed by atoms with van der Waals surface area (Å²) in [5.74, 6) is -0.657. The van der Waals surface area contributed by atoms with Crippen LogP contribution in [0.2, 0.25) is 0 Å². The molecule has 0 saturated carbocycles. The quantitative estimate of drug-likeness (QED) is 0.441. The number of para-hydroxylation sites is 1. The fraction of sp³-hybridized carbons (Fsp3) is 0.500. The maximum absolute atomic E-state index is 12.0. The fourth-order valence-corrected chi connectivity index (χ4v) is 2.65. The molecule has 1 aliphatic heterocycles. The van der Waals surface area contributed by atoms with Crippen LogP contribution >= 0.6 is 0 Å². The molecule has 23 heavy (non-hydrogen) atoms. The maximum atomic E-state index is 12.0. The van der Waals surface area contributed by atoms with E-state index in [1.807, 2.05) is 24.3 Å². The van der Waals surface area contributed by atoms with Gasteiger partial charge in [-0.1, -0.05) is 18.2 Å². The van der Waals surface area contributed by atoms with Gasteiger partial charge in [-0.3, -0.25) is 19.7 Å². The molecule has 0 aliphatic carbocycles. The molecule has 1 fully saturated rings. The molecule has 1 saturated heterocycles. The highest BCUT2D eigenvalue weighted by atomic mass is 16.5. The lowest BCUT2D eigenvalue weighted by atomic mass is 10.1. The number of hydroxylamine groups is 1. The van der Waals surface area contributed by atoms with Crippen molar-refractivity contribution >= 4 is 17.5 Å². The van der Waals surface area contributed by atoms with Crippen molar-refractivity contribution in [1.82, 2.24) is 10.4 Å². The SMILES string of the molecule is O=C(CCCC(=O)Nc1ccccc1CN1CC[C@H](O)C1)NO. The summed E-state index contributed by atoms with van der Waals surface area (Å²) in [6, 6.07) is 7.58. The van der Waals surface area contributed by atoms with Gasteiger partial charge in [0.1, 0.15) is 0 Å². The van der Waals surface area contributed by atoms with Crippen LogP contribution in [0.15, 0.2) is 24.3 Å². The van der Waals surface area contributed by atoms with E-state index in [2.05, 4.69) is 10.2 Å². The first-order valence-electron chi connectivity index (χ1n) is 7.79. The molecule has 1 aromatic carbocycles. The van der Waals surface area contributed by atoms with Gasteiger partial charge in [0.25, 0.3) is 0 Å². The number of nitrogens with zero attached hydrogens (tertiary/aromatic N) is 1. The second kappa shape index (κ2) is 8.61. The van der Waals surface area contributed by atoms with E-state index in [4.69, 9.17) is 5.21 Å². The Labute approximate surface area is 135 Å². The number of aliphatic hydroxyl groups excluding tert-OH is 1. The number of β-amino-alcohol motifs (C(OH)–C–C–N with tert-alkyl or cyclic N) is 1. The van der Waals surface area contributed by atoms with Crippen molar-refractivity contribution in [3.05, 3.63) is 29.8 Å². The molecular formula is C16H23N3O4. The van der Waals surface area contributed by atoms with Gasteiger partial charge in [-0.2, -0.15) is 0 Å². The van der Waals surface area contributed by atoms with E-state index in [1.165, 1.54) is 0 Å². The number of nitrogens with one attached hydrogen (secondary N) is 2. The van der Waals surface area contributed by atoms with Crippen molar-refractivity contribution in [3.63, 3.8) is 0 Å². The van der Waals surface area contributed by atoms with Crippen molar-refractivity contribution in [2.24, 2.45) is 0 Å². The minimum Gasteiger partial charge on any atom is -0.392 e. The summed E-state index contributed by atoms with van der Waals surface area (Å²) >= 11 is 0. The summed E-state index contributed by atoms with van der Waals surface area (Å²) in [6.45, 7) is 2.18. The van der Waals surface area contributed by atoms with E-state index in [0.29, 0.717) is 19.5 Å². The van der Waals surface area contributed by atoms with Crippen LogP contribution in [0.1, 0.15) is 31.2 Å². The molecule has 7 nitrogen and oxygen atoms in total. The van der Waals surface area contributed by atoms with E-state index in [0.717, 1.165) is 24.2 Å². The van der Waals surface area contributed by atoms with Crippen molar-refractivity contribution in [3.8, 4) is 0 Å². The summed E-state index contributed by atoms with van der Waals surface area (Å²) in [6.07, 6.45) is 1.20. The average molecular weight is 321 g/mol. The van der Waals surface area contributed by atoms with Crippen LogP contribution in [0, 0.1) is 0 Å². The number of likely N-dealkylation sites (tertiary alicyclic amines) is 1. The molecule has 0 aromatic heterocycles. The highest BCUT2D eigenvalue weighted by Gasteiger charge is 2.21. The van der Waals surface area contributed by atoms with Gasteiger partial charge in [0, 0.05) is 38.2 Å². The van der Waals surface area contributed by atoms with Gasteiger partial charge in [-0.15, -0.1) is 0 Å². The third-order valence-electron chi connectivity index (χ3n) is 3.87. The van der Waals surface area contributed by atoms with Crippen LogP contribution in [0.3, 0.4) is 0 Å². The predicted molar refractivity (Wildman–Crippen MR) is 84.8 cm³/mol. The smallest absolute Gasteiger partial charge is 0.243 e. The molecule has 4 N–H and O–H groups in total. The van der Waals surface area contributed by atoms with Gasteiger partial charge in [-0.05, 0) is 24.5 Å². The number of amides is 2. The van der Waals surface area contributed by atoms with E-state index < -0.39 is 5.91 Å². The number of anilines is 1. The van der Waals surface area contributed by atoms with Gasteiger partial charge in [0.15, 0.2) is 0 Å². The Morgan fingerprint density at radius 1 is 1.22 bits per heavy atom. The summed E-state index contributed by atoms with van der Waals surface area (Å²) in [5, 5.41) is 20.9. The van der Waals surface area contributed by atoms with Crippen LogP contribution < -0.4 is 10.8 Å². The van der Waals surface area contributed by atoms with Gasteiger partial charge in [0.2, 0.25) is 11.8 Å². The largest absolute Gasteiger partial charge is 0.392 e. The fourth-order valence-electron chi connectivity index (χ4n) is 2.65. The van der Waals surface area contributed by atoms with Crippen molar-refractivity contribution in [2.75, 3.05) is 18.4 Å². The Morgan fingerprint density at radius 3 is 2.65 bits per heavy atom. The summed E-state index contributed by atoms with van der Waals surface area (Å²) < 4.78 is 0. The lowest BCUT2D eigenvalue weighted by Crippen LogP contribution is -2.23. The minimum atomic E-state index is -0.495. The third kappa shape index (κ3) is 5.63. The second-order valence-electron chi connectivity index (χ2n) is 5.77. The first kappa shape index (κ1) is 17.4. The zero-order valence-electron chi connectivity index (χ0n) is 13.0. The molecule has 7 heteroatoms. The lowest BCUT2D eigenvalue weighted by Gasteiger charge is -2.18. The monoisotopic (exact) mass is 321 g/mol. The minimum absolute atomic E-state index is 0.108. The number of benzene rings is 1.